The average Bonchev–Trinajstić information content (AvgIpc) is 2.43. The van der Waals surface area contributed by atoms with E-state index in [-0.39, 0.29) is 5.91 Å². The van der Waals surface area contributed by atoms with Gasteiger partial charge < -0.3 is 11.1 Å². The highest BCUT2D eigenvalue weighted by atomic mass is 16.1. The van der Waals surface area contributed by atoms with Crippen molar-refractivity contribution in [2.24, 2.45) is 0 Å². The second-order valence-corrected chi connectivity index (χ2v) is 5.56. The van der Waals surface area contributed by atoms with Crippen LogP contribution in [-0.4, -0.2) is 5.91 Å². The van der Waals surface area contributed by atoms with Gasteiger partial charge >= 0.3 is 0 Å². The Morgan fingerprint density at radius 1 is 1.10 bits per heavy atom. The summed E-state index contributed by atoms with van der Waals surface area (Å²) in [6, 6.07) is 12.0. The maximum atomic E-state index is 12.1. The molecule has 0 saturated heterocycles. The molecule has 2 aromatic carbocycles. The third kappa shape index (κ3) is 4.09. The van der Waals surface area contributed by atoms with E-state index in [2.05, 4.69) is 24.4 Å². The molecule has 0 aliphatic carbocycles. The van der Waals surface area contributed by atoms with Crippen LogP contribution < -0.4 is 11.1 Å². The van der Waals surface area contributed by atoms with Gasteiger partial charge in [0.2, 0.25) is 5.91 Å². The Kier molecular flexibility index (Phi) is 4.63. The molecule has 0 aromatic heterocycles. The smallest absolute Gasteiger partial charge is 0.224 e. The zero-order valence-electron chi connectivity index (χ0n) is 12.9. The van der Waals surface area contributed by atoms with E-state index < -0.39 is 0 Å². The first-order valence-electron chi connectivity index (χ1n) is 7.18. The Morgan fingerprint density at radius 2 is 1.81 bits per heavy atom. The van der Waals surface area contributed by atoms with E-state index in [1.54, 1.807) is 0 Å². The number of nitrogens with two attached hydrogens (primary N) is 1. The van der Waals surface area contributed by atoms with E-state index in [0.29, 0.717) is 17.8 Å². The predicted molar refractivity (Wildman–Crippen MR) is 88.5 cm³/mol. The minimum atomic E-state index is -0.00791. The minimum absolute atomic E-state index is 0.00791. The molecule has 2 aromatic rings. The van der Waals surface area contributed by atoms with Crippen LogP contribution in [0.1, 0.15) is 28.7 Å². The van der Waals surface area contributed by atoms with Gasteiger partial charge in [0.05, 0.1) is 11.4 Å². The van der Waals surface area contributed by atoms with Gasteiger partial charge in [-0.3, -0.25) is 4.79 Å². The summed E-state index contributed by atoms with van der Waals surface area (Å²) in [6.45, 7) is 6.07. The van der Waals surface area contributed by atoms with Crippen LogP contribution in [-0.2, 0) is 11.2 Å². The zero-order chi connectivity index (χ0) is 15.4. The van der Waals surface area contributed by atoms with Gasteiger partial charge in [-0.05, 0) is 56.0 Å². The maximum Gasteiger partial charge on any atom is 0.224 e. The molecule has 0 atom stereocenters. The number of anilines is 2. The first-order valence-corrected chi connectivity index (χ1v) is 7.18. The number of benzene rings is 2. The van der Waals surface area contributed by atoms with Crippen LogP contribution in [0.2, 0.25) is 0 Å². The van der Waals surface area contributed by atoms with Crippen LogP contribution in [0.3, 0.4) is 0 Å². The van der Waals surface area contributed by atoms with Gasteiger partial charge in [0.25, 0.3) is 0 Å². The Hall–Kier alpha value is -2.29. The number of carbonyl (C=O) groups is 1. The molecule has 110 valence electrons. The Morgan fingerprint density at radius 3 is 2.52 bits per heavy atom. The van der Waals surface area contributed by atoms with Crippen LogP contribution in [0.25, 0.3) is 0 Å². The fourth-order valence-electron chi connectivity index (χ4n) is 2.28. The lowest BCUT2D eigenvalue weighted by molar-refractivity contribution is -0.116. The summed E-state index contributed by atoms with van der Waals surface area (Å²) < 4.78 is 0. The molecule has 0 bridgehead atoms. The van der Waals surface area contributed by atoms with Crippen LogP contribution in [0.4, 0.5) is 11.4 Å². The van der Waals surface area contributed by atoms with Crippen molar-refractivity contribution in [2.45, 2.75) is 33.6 Å². The topological polar surface area (TPSA) is 55.1 Å². The molecule has 1 amide bonds. The van der Waals surface area contributed by atoms with Gasteiger partial charge in [-0.2, -0.15) is 0 Å². The van der Waals surface area contributed by atoms with E-state index in [9.17, 15) is 4.79 Å². The van der Waals surface area contributed by atoms with Crippen molar-refractivity contribution in [2.75, 3.05) is 11.1 Å². The molecule has 0 spiro atoms. The van der Waals surface area contributed by atoms with Crippen molar-refractivity contribution in [3.8, 4) is 0 Å². The van der Waals surface area contributed by atoms with Crippen molar-refractivity contribution >= 4 is 17.3 Å². The lowest BCUT2D eigenvalue weighted by Gasteiger charge is -2.11. The first kappa shape index (κ1) is 15.1. The maximum absolute atomic E-state index is 12.1. The fraction of sp³-hybridized carbons (Fsp3) is 0.278. The highest BCUT2D eigenvalue weighted by Crippen LogP contribution is 2.23. The molecule has 0 aliphatic rings. The van der Waals surface area contributed by atoms with Crippen molar-refractivity contribution < 1.29 is 4.79 Å². The van der Waals surface area contributed by atoms with E-state index >= 15 is 0 Å². The summed E-state index contributed by atoms with van der Waals surface area (Å²) in [5.41, 5.74) is 11.9. The summed E-state index contributed by atoms with van der Waals surface area (Å²) >= 11 is 0. The molecule has 2 rings (SSSR count). The number of nitrogen functional groups attached to an aromatic ring is 1. The number of nitrogens with one attached hydrogen (secondary N) is 1. The number of hydrogen-bond acceptors (Lipinski definition) is 2. The molecule has 0 aliphatic heterocycles. The molecular formula is C18H22N2O. The molecule has 0 saturated carbocycles. The van der Waals surface area contributed by atoms with Crippen LogP contribution in [0.15, 0.2) is 36.4 Å². The lowest BCUT2D eigenvalue weighted by Crippen LogP contribution is -2.14. The minimum Gasteiger partial charge on any atom is -0.397 e. The highest BCUT2D eigenvalue weighted by Gasteiger charge is 2.07. The molecule has 0 heterocycles. The lowest BCUT2D eigenvalue weighted by atomic mass is 10.1. The standard InChI is InChI=1S/C18H22N2O/c1-12-5-4-6-15(9-12)7-8-18(21)20-17-11-14(3)13(2)10-16(17)19/h4-6,9-11H,7-8,19H2,1-3H3,(H,20,21). The van der Waals surface area contributed by atoms with E-state index in [0.717, 1.165) is 17.5 Å². The van der Waals surface area contributed by atoms with Crippen molar-refractivity contribution in [1.29, 1.82) is 0 Å². The predicted octanol–water partition coefficient (Wildman–Crippen LogP) is 3.77. The normalized spacial score (nSPS) is 10.4. The summed E-state index contributed by atoms with van der Waals surface area (Å²) in [4.78, 5) is 12.1. The van der Waals surface area contributed by atoms with Gasteiger partial charge in [0, 0.05) is 6.42 Å². The number of hydrogen-bond donors (Lipinski definition) is 2. The summed E-state index contributed by atoms with van der Waals surface area (Å²) in [5, 5.41) is 2.90. The molecule has 3 nitrogen and oxygen atoms in total. The van der Waals surface area contributed by atoms with Gasteiger partial charge in [0.15, 0.2) is 0 Å². The van der Waals surface area contributed by atoms with Crippen molar-refractivity contribution in [3.63, 3.8) is 0 Å². The number of aryl methyl sites for hydroxylation is 4. The molecule has 0 radical (unpaired) electrons. The van der Waals surface area contributed by atoms with Crippen LogP contribution >= 0.6 is 0 Å². The second-order valence-electron chi connectivity index (χ2n) is 5.56. The van der Waals surface area contributed by atoms with Gasteiger partial charge in [-0.25, -0.2) is 0 Å². The van der Waals surface area contributed by atoms with Gasteiger partial charge in [-0.15, -0.1) is 0 Å². The Balaban J connectivity index is 1.97. The molecule has 0 unspecified atom stereocenters. The van der Waals surface area contributed by atoms with Gasteiger partial charge in [-0.1, -0.05) is 29.8 Å². The van der Waals surface area contributed by atoms with Crippen LogP contribution in [0.5, 0.6) is 0 Å². The molecule has 0 fully saturated rings. The summed E-state index contributed by atoms with van der Waals surface area (Å²) in [6.07, 6.45) is 1.19. The highest BCUT2D eigenvalue weighted by molar-refractivity contribution is 5.94. The monoisotopic (exact) mass is 282 g/mol. The van der Waals surface area contributed by atoms with E-state index in [1.165, 1.54) is 11.1 Å². The fourth-order valence-corrected chi connectivity index (χ4v) is 2.28. The number of amides is 1. The number of carbonyl (C=O) groups excluding carboxylic acids is 1. The summed E-state index contributed by atoms with van der Waals surface area (Å²) in [7, 11) is 0. The van der Waals surface area contributed by atoms with E-state index in [4.69, 9.17) is 5.73 Å². The Bertz CT molecular complexity index is 662. The van der Waals surface area contributed by atoms with Crippen molar-refractivity contribution in [1.82, 2.24) is 0 Å². The summed E-state index contributed by atoms with van der Waals surface area (Å²) in [5.74, 6) is -0.00791. The zero-order valence-corrected chi connectivity index (χ0v) is 12.9. The third-order valence-electron chi connectivity index (χ3n) is 3.66. The molecule has 3 N–H and O–H groups in total. The van der Waals surface area contributed by atoms with Crippen molar-refractivity contribution in [3.05, 3.63) is 58.7 Å². The van der Waals surface area contributed by atoms with E-state index in [1.807, 2.05) is 38.1 Å². The SMILES string of the molecule is Cc1cccc(CCC(=O)Nc2cc(C)c(C)cc2N)c1. The second kappa shape index (κ2) is 6.44. The molecule has 21 heavy (non-hydrogen) atoms. The number of rotatable bonds is 4. The molecular weight excluding hydrogens is 260 g/mol. The van der Waals surface area contributed by atoms with Crippen LogP contribution in [0, 0.1) is 20.8 Å². The van der Waals surface area contributed by atoms with Gasteiger partial charge in [0.1, 0.15) is 0 Å². The third-order valence-corrected chi connectivity index (χ3v) is 3.66. The molecule has 3 heteroatoms. The Labute approximate surface area is 126 Å². The quantitative estimate of drug-likeness (QED) is 0.839. The average molecular weight is 282 g/mol. The largest absolute Gasteiger partial charge is 0.397 e. The first-order chi connectivity index (χ1) is 9.95.